The number of rotatable bonds is 8. The molecule has 0 radical (unpaired) electrons. The largest absolute Gasteiger partial charge is 0.392 e. The van der Waals surface area contributed by atoms with Gasteiger partial charge < -0.3 is 10.5 Å². The van der Waals surface area contributed by atoms with E-state index in [2.05, 4.69) is 18.7 Å². The second kappa shape index (κ2) is 8.15. The molecule has 0 aliphatic carbocycles. The maximum atomic E-state index is 5.53. The molecule has 0 aromatic carbocycles. The normalized spacial score (nSPS) is 11.2. The predicted molar refractivity (Wildman–Crippen MR) is 64.6 cm³/mol. The summed E-state index contributed by atoms with van der Waals surface area (Å²) in [5, 5.41) is 0. The Balaban J connectivity index is 3.68. The van der Waals surface area contributed by atoms with Crippen molar-refractivity contribution in [3.05, 3.63) is 0 Å². The average molecular weight is 218 g/mol. The van der Waals surface area contributed by atoms with E-state index in [9.17, 15) is 0 Å². The SMILES string of the molecule is COCCCCN(CC(N)=S)C(C)C. The molecule has 0 rings (SSSR count). The van der Waals surface area contributed by atoms with Gasteiger partial charge in [-0.1, -0.05) is 12.2 Å². The molecule has 0 amide bonds. The zero-order valence-corrected chi connectivity index (χ0v) is 10.3. The maximum absolute atomic E-state index is 5.53. The highest BCUT2D eigenvalue weighted by Gasteiger charge is 2.09. The van der Waals surface area contributed by atoms with Crippen molar-refractivity contribution in [1.82, 2.24) is 4.90 Å². The molecule has 0 heterocycles. The first-order chi connectivity index (χ1) is 6.57. The molecule has 0 atom stereocenters. The number of hydrogen-bond acceptors (Lipinski definition) is 3. The Hall–Kier alpha value is -0.190. The van der Waals surface area contributed by atoms with E-state index < -0.39 is 0 Å². The first-order valence-corrected chi connectivity index (χ1v) is 5.50. The second-order valence-electron chi connectivity index (χ2n) is 3.73. The van der Waals surface area contributed by atoms with Crippen LogP contribution in [-0.4, -0.2) is 42.7 Å². The van der Waals surface area contributed by atoms with Gasteiger partial charge >= 0.3 is 0 Å². The summed E-state index contributed by atoms with van der Waals surface area (Å²) < 4.78 is 5.00. The van der Waals surface area contributed by atoms with Crippen LogP contribution < -0.4 is 5.73 Å². The molecule has 14 heavy (non-hydrogen) atoms. The third-order valence-electron chi connectivity index (χ3n) is 2.13. The van der Waals surface area contributed by atoms with E-state index in [4.69, 9.17) is 22.7 Å². The fourth-order valence-electron chi connectivity index (χ4n) is 1.28. The van der Waals surface area contributed by atoms with Crippen molar-refractivity contribution >= 4 is 17.2 Å². The molecule has 0 aliphatic rings. The van der Waals surface area contributed by atoms with Gasteiger partial charge in [0.2, 0.25) is 0 Å². The minimum Gasteiger partial charge on any atom is -0.392 e. The van der Waals surface area contributed by atoms with Crippen molar-refractivity contribution in [3.8, 4) is 0 Å². The molecule has 0 saturated heterocycles. The van der Waals surface area contributed by atoms with Crippen molar-refractivity contribution in [3.63, 3.8) is 0 Å². The summed E-state index contributed by atoms with van der Waals surface area (Å²) in [4.78, 5) is 2.86. The molecule has 2 N–H and O–H groups in total. The zero-order chi connectivity index (χ0) is 11.0. The van der Waals surface area contributed by atoms with Crippen LogP contribution in [0.1, 0.15) is 26.7 Å². The van der Waals surface area contributed by atoms with E-state index in [0.29, 0.717) is 11.0 Å². The van der Waals surface area contributed by atoms with E-state index in [1.54, 1.807) is 7.11 Å². The first kappa shape index (κ1) is 13.8. The molecule has 3 nitrogen and oxygen atoms in total. The van der Waals surface area contributed by atoms with E-state index >= 15 is 0 Å². The Morgan fingerprint density at radius 2 is 2.07 bits per heavy atom. The lowest BCUT2D eigenvalue weighted by Gasteiger charge is -2.25. The van der Waals surface area contributed by atoms with Gasteiger partial charge in [0, 0.05) is 26.3 Å². The van der Waals surface area contributed by atoms with Gasteiger partial charge in [-0.05, 0) is 33.2 Å². The number of ether oxygens (including phenoxy) is 1. The Labute approximate surface area is 92.6 Å². The number of methoxy groups -OCH3 is 1. The molecular weight excluding hydrogens is 196 g/mol. The van der Waals surface area contributed by atoms with Gasteiger partial charge in [-0.2, -0.15) is 0 Å². The number of nitrogens with zero attached hydrogens (tertiary/aromatic N) is 1. The lowest BCUT2D eigenvalue weighted by Crippen LogP contribution is -2.38. The topological polar surface area (TPSA) is 38.5 Å². The van der Waals surface area contributed by atoms with Crippen molar-refractivity contribution in [2.75, 3.05) is 26.8 Å². The van der Waals surface area contributed by atoms with Crippen LogP contribution in [0.4, 0.5) is 0 Å². The molecule has 0 fully saturated rings. The van der Waals surface area contributed by atoms with Crippen molar-refractivity contribution in [1.29, 1.82) is 0 Å². The number of nitrogens with two attached hydrogens (primary N) is 1. The lowest BCUT2D eigenvalue weighted by atomic mass is 10.2. The Morgan fingerprint density at radius 3 is 2.50 bits per heavy atom. The van der Waals surface area contributed by atoms with Gasteiger partial charge in [-0.25, -0.2) is 0 Å². The van der Waals surface area contributed by atoms with Crippen LogP contribution in [0.2, 0.25) is 0 Å². The van der Waals surface area contributed by atoms with Crippen LogP contribution in [0.3, 0.4) is 0 Å². The van der Waals surface area contributed by atoms with Gasteiger partial charge in [-0.3, -0.25) is 4.90 Å². The fraction of sp³-hybridized carbons (Fsp3) is 0.900. The summed E-state index contributed by atoms with van der Waals surface area (Å²) in [5.74, 6) is 0. The highest BCUT2D eigenvalue weighted by molar-refractivity contribution is 7.80. The summed E-state index contributed by atoms with van der Waals surface area (Å²) in [6.45, 7) is 6.92. The molecule has 0 unspecified atom stereocenters. The maximum Gasteiger partial charge on any atom is 0.0870 e. The summed E-state index contributed by atoms with van der Waals surface area (Å²) in [7, 11) is 1.73. The summed E-state index contributed by atoms with van der Waals surface area (Å²) >= 11 is 4.90. The Bertz CT molecular complexity index is 162. The molecule has 0 aromatic heterocycles. The third kappa shape index (κ3) is 7.24. The quantitative estimate of drug-likeness (QED) is 0.494. The number of unbranched alkanes of at least 4 members (excludes halogenated alkanes) is 1. The van der Waals surface area contributed by atoms with Crippen LogP contribution in [0.15, 0.2) is 0 Å². The van der Waals surface area contributed by atoms with E-state index in [1.807, 2.05) is 0 Å². The molecule has 0 aromatic rings. The van der Waals surface area contributed by atoms with Gasteiger partial charge in [0.1, 0.15) is 0 Å². The van der Waals surface area contributed by atoms with Crippen LogP contribution >= 0.6 is 12.2 Å². The Kier molecular flexibility index (Phi) is 8.04. The molecule has 0 bridgehead atoms. The monoisotopic (exact) mass is 218 g/mol. The molecule has 4 heteroatoms. The third-order valence-corrected chi connectivity index (χ3v) is 2.26. The van der Waals surface area contributed by atoms with Crippen molar-refractivity contribution in [2.45, 2.75) is 32.7 Å². The minimum absolute atomic E-state index is 0.499. The van der Waals surface area contributed by atoms with E-state index in [1.165, 1.54) is 0 Å². The van der Waals surface area contributed by atoms with Gasteiger partial charge in [0.15, 0.2) is 0 Å². The standard InChI is InChI=1S/C10H22N2OS/c1-9(2)12(8-10(11)14)6-4-5-7-13-3/h9H,4-8H2,1-3H3,(H2,11,14). The van der Waals surface area contributed by atoms with E-state index in [0.717, 1.165) is 32.5 Å². The smallest absolute Gasteiger partial charge is 0.0870 e. The number of thiocarbonyl (C=S) groups is 1. The molecule has 0 aliphatic heterocycles. The second-order valence-corrected chi connectivity index (χ2v) is 4.25. The Morgan fingerprint density at radius 1 is 1.43 bits per heavy atom. The fourth-order valence-corrected chi connectivity index (χ4v) is 1.45. The summed E-state index contributed by atoms with van der Waals surface area (Å²) in [5.41, 5.74) is 5.53. The highest BCUT2D eigenvalue weighted by atomic mass is 32.1. The average Bonchev–Trinajstić information content (AvgIpc) is 2.09. The van der Waals surface area contributed by atoms with Crippen molar-refractivity contribution in [2.24, 2.45) is 5.73 Å². The first-order valence-electron chi connectivity index (χ1n) is 5.09. The van der Waals surface area contributed by atoms with Gasteiger partial charge in [-0.15, -0.1) is 0 Å². The number of hydrogen-bond donors (Lipinski definition) is 1. The van der Waals surface area contributed by atoms with Crippen LogP contribution in [0.5, 0.6) is 0 Å². The lowest BCUT2D eigenvalue weighted by molar-refractivity contribution is 0.181. The molecule has 0 spiro atoms. The van der Waals surface area contributed by atoms with Gasteiger partial charge in [0.25, 0.3) is 0 Å². The predicted octanol–water partition coefficient (Wildman–Crippen LogP) is 1.41. The molecule has 84 valence electrons. The zero-order valence-electron chi connectivity index (χ0n) is 9.45. The van der Waals surface area contributed by atoms with Crippen LogP contribution in [0.25, 0.3) is 0 Å². The summed E-state index contributed by atoms with van der Waals surface area (Å²) in [6, 6.07) is 0.499. The highest BCUT2D eigenvalue weighted by Crippen LogP contribution is 2.01. The summed E-state index contributed by atoms with van der Waals surface area (Å²) in [6.07, 6.45) is 2.23. The molecular formula is C10H22N2OS. The van der Waals surface area contributed by atoms with Gasteiger partial charge in [0.05, 0.1) is 4.99 Å². The van der Waals surface area contributed by atoms with Crippen LogP contribution in [-0.2, 0) is 4.74 Å². The molecule has 0 saturated carbocycles. The minimum atomic E-state index is 0.499. The van der Waals surface area contributed by atoms with Crippen LogP contribution in [0, 0.1) is 0 Å². The van der Waals surface area contributed by atoms with E-state index in [-0.39, 0.29) is 0 Å². The van der Waals surface area contributed by atoms with Crippen molar-refractivity contribution < 1.29 is 4.74 Å².